The zero-order valence-electron chi connectivity index (χ0n) is 14.1. The number of nitrogens with one attached hydrogen (secondary N) is 1. The lowest BCUT2D eigenvalue weighted by Gasteiger charge is -2.21. The summed E-state index contributed by atoms with van der Waals surface area (Å²) in [7, 11) is 1.74. The predicted molar refractivity (Wildman–Crippen MR) is 91.1 cm³/mol. The summed E-state index contributed by atoms with van der Waals surface area (Å²) in [6.45, 7) is 5.69. The number of rotatable bonds is 3. The third-order valence-corrected chi connectivity index (χ3v) is 3.22. The van der Waals surface area contributed by atoms with E-state index < -0.39 is 11.5 Å². The number of aryl methyl sites for hydroxylation is 1. The maximum Gasteiger partial charge on any atom is 0.281 e. The number of hydrogen-bond donors (Lipinski definition) is 1. The molecular weight excluding hydrogens is 306 g/mol. The molecule has 2 heterocycles. The Labute approximate surface area is 139 Å². The predicted octanol–water partition coefficient (Wildman–Crippen LogP) is 2.79. The van der Waals surface area contributed by atoms with Crippen LogP contribution in [0.1, 0.15) is 31.3 Å². The van der Waals surface area contributed by atoms with Crippen molar-refractivity contribution in [1.82, 2.24) is 19.7 Å². The molecular formula is C17H19N5O2. The van der Waals surface area contributed by atoms with E-state index in [1.54, 1.807) is 24.0 Å². The second-order valence-corrected chi connectivity index (χ2v) is 6.37. The number of hydrogen-bond acceptors (Lipinski definition) is 5. The maximum atomic E-state index is 12.7. The Kier molecular flexibility index (Phi) is 3.92. The monoisotopic (exact) mass is 325 g/mol. The highest BCUT2D eigenvalue weighted by Crippen LogP contribution is 2.23. The molecule has 1 amide bonds. The van der Waals surface area contributed by atoms with Gasteiger partial charge in [-0.05, 0) is 32.9 Å². The minimum Gasteiger partial charge on any atom is -0.470 e. The van der Waals surface area contributed by atoms with Crippen LogP contribution in [0, 0.1) is 0 Å². The largest absolute Gasteiger partial charge is 0.470 e. The lowest BCUT2D eigenvalue weighted by molar-refractivity contribution is 0.0983. The number of ether oxygens (including phenoxy) is 1. The van der Waals surface area contributed by atoms with Crippen LogP contribution in [-0.2, 0) is 7.05 Å². The SMILES string of the molecule is Cn1nccc1NC(=O)c1nc2ccccc2nc1OC(C)(C)C. The van der Waals surface area contributed by atoms with Gasteiger partial charge in [0.2, 0.25) is 5.88 Å². The highest BCUT2D eigenvalue weighted by atomic mass is 16.5. The summed E-state index contributed by atoms with van der Waals surface area (Å²) < 4.78 is 7.42. The molecule has 0 aliphatic carbocycles. The van der Waals surface area contributed by atoms with Crippen LogP contribution in [0.2, 0.25) is 0 Å². The minimum atomic E-state index is -0.501. The molecule has 0 spiro atoms. The van der Waals surface area contributed by atoms with Gasteiger partial charge >= 0.3 is 0 Å². The van der Waals surface area contributed by atoms with E-state index in [0.29, 0.717) is 16.9 Å². The minimum absolute atomic E-state index is 0.143. The van der Waals surface area contributed by atoms with Gasteiger partial charge in [-0.3, -0.25) is 9.48 Å². The lowest BCUT2D eigenvalue weighted by Crippen LogP contribution is -2.26. The van der Waals surface area contributed by atoms with Crippen molar-refractivity contribution in [3.63, 3.8) is 0 Å². The Hall–Kier alpha value is -2.96. The second-order valence-electron chi connectivity index (χ2n) is 6.37. The molecule has 24 heavy (non-hydrogen) atoms. The van der Waals surface area contributed by atoms with E-state index in [0.717, 1.165) is 0 Å². The Balaban J connectivity index is 2.04. The summed E-state index contributed by atoms with van der Waals surface area (Å²) in [6, 6.07) is 9.07. The number of fused-ring (bicyclic) bond motifs is 1. The summed E-state index contributed by atoms with van der Waals surface area (Å²) in [4.78, 5) is 21.6. The number of carbonyl (C=O) groups excluding carboxylic acids is 1. The van der Waals surface area contributed by atoms with Crippen molar-refractivity contribution in [2.75, 3.05) is 5.32 Å². The Morgan fingerprint density at radius 1 is 1.12 bits per heavy atom. The molecule has 0 saturated carbocycles. The molecule has 1 aromatic carbocycles. The fourth-order valence-electron chi connectivity index (χ4n) is 2.17. The summed E-state index contributed by atoms with van der Waals surface area (Å²) in [5.74, 6) is 0.383. The van der Waals surface area contributed by atoms with Gasteiger partial charge in [-0.2, -0.15) is 5.10 Å². The zero-order chi connectivity index (χ0) is 17.3. The quantitative estimate of drug-likeness (QED) is 0.801. The maximum absolute atomic E-state index is 12.7. The van der Waals surface area contributed by atoms with Crippen molar-refractivity contribution in [2.45, 2.75) is 26.4 Å². The average Bonchev–Trinajstić information content (AvgIpc) is 2.90. The summed E-state index contributed by atoms with van der Waals surface area (Å²) in [6.07, 6.45) is 1.61. The summed E-state index contributed by atoms with van der Waals surface area (Å²) in [5, 5.41) is 6.81. The normalized spacial score (nSPS) is 11.5. The van der Waals surface area contributed by atoms with Crippen LogP contribution in [0.25, 0.3) is 11.0 Å². The lowest BCUT2D eigenvalue weighted by atomic mass is 10.2. The Bertz CT molecular complexity index is 895. The van der Waals surface area contributed by atoms with Crippen molar-refractivity contribution >= 4 is 22.8 Å². The molecule has 0 saturated heterocycles. The number of amides is 1. The van der Waals surface area contributed by atoms with E-state index in [1.165, 1.54) is 0 Å². The molecule has 7 nitrogen and oxygen atoms in total. The molecule has 0 unspecified atom stereocenters. The Morgan fingerprint density at radius 3 is 2.38 bits per heavy atom. The fraction of sp³-hybridized carbons (Fsp3) is 0.294. The molecule has 7 heteroatoms. The van der Waals surface area contributed by atoms with Crippen LogP contribution in [0.15, 0.2) is 36.5 Å². The second kappa shape index (κ2) is 5.92. The van der Waals surface area contributed by atoms with Gasteiger partial charge in [0, 0.05) is 13.1 Å². The topological polar surface area (TPSA) is 81.9 Å². The smallest absolute Gasteiger partial charge is 0.281 e. The van der Waals surface area contributed by atoms with Gasteiger partial charge in [0.15, 0.2) is 5.69 Å². The molecule has 0 aliphatic heterocycles. The molecule has 0 aliphatic rings. The number of aromatic nitrogens is 4. The fourth-order valence-corrected chi connectivity index (χ4v) is 2.17. The van der Waals surface area contributed by atoms with Crippen LogP contribution in [0.4, 0.5) is 5.82 Å². The van der Waals surface area contributed by atoms with Crippen LogP contribution < -0.4 is 10.1 Å². The van der Waals surface area contributed by atoms with Crippen LogP contribution in [0.5, 0.6) is 5.88 Å². The van der Waals surface area contributed by atoms with Crippen LogP contribution >= 0.6 is 0 Å². The van der Waals surface area contributed by atoms with Crippen molar-refractivity contribution in [3.8, 4) is 5.88 Å². The first-order valence-corrected chi connectivity index (χ1v) is 7.59. The van der Waals surface area contributed by atoms with Gasteiger partial charge in [-0.25, -0.2) is 9.97 Å². The van der Waals surface area contributed by atoms with Gasteiger partial charge in [0.25, 0.3) is 5.91 Å². The molecule has 1 N–H and O–H groups in total. The number of nitrogens with zero attached hydrogens (tertiary/aromatic N) is 4. The van der Waals surface area contributed by atoms with Gasteiger partial charge in [0.1, 0.15) is 11.4 Å². The van der Waals surface area contributed by atoms with Gasteiger partial charge in [-0.15, -0.1) is 0 Å². The van der Waals surface area contributed by atoms with E-state index >= 15 is 0 Å². The van der Waals surface area contributed by atoms with Crippen molar-refractivity contribution in [1.29, 1.82) is 0 Å². The molecule has 0 fully saturated rings. The highest BCUT2D eigenvalue weighted by Gasteiger charge is 2.23. The van der Waals surface area contributed by atoms with Gasteiger partial charge in [0.05, 0.1) is 17.2 Å². The summed E-state index contributed by atoms with van der Waals surface area (Å²) >= 11 is 0. The van der Waals surface area contributed by atoms with E-state index in [9.17, 15) is 4.79 Å². The molecule has 0 atom stereocenters. The third-order valence-electron chi connectivity index (χ3n) is 3.22. The van der Waals surface area contributed by atoms with E-state index in [-0.39, 0.29) is 11.6 Å². The first-order chi connectivity index (χ1) is 11.3. The van der Waals surface area contributed by atoms with E-state index in [2.05, 4.69) is 20.4 Å². The molecule has 0 bridgehead atoms. The molecule has 0 radical (unpaired) electrons. The van der Waals surface area contributed by atoms with Crippen molar-refractivity contribution < 1.29 is 9.53 Å². The number of anilines is 1. The van der Waals surface area contributed by atoms with Gasteiger partial charge in [-0.1, -0.05) is 12.1 Å². The molecule has 124 valence electrons. The zero-order valence-corrected chi connectivity index (χ0v) is 14.1. The van der Waals surface area contributed by atoms with E-state index in [1.807, 2.05) is 45.0 Å². The number of carbonyl (C=O) groups is 1. The average molecular weight is 325 g/mol. The molecule has 3 aromatic rings. The highest BCUT2D eigenvalue weighted by molar-refractivity contribution is 6.05. The molecule has 2 aromatic heterocycles. The number of benzene rings is 1. The third kappa shape index (κ3) is 3.34. The van der Waals surface area contributed by atoms with Crippen LogP contribution in [0.3, 0.4) is 0 Å². The van der Waals surface area contributed by atoms with Gasteiger partial charge < -0.3 is 10.1 Å². The van der Waals surface area contributed by atoms with E-state index in [4.69, 9.17) is 4.74 Å². The first-order valence-electron chi connectivity index (χ1n) is 7.59. The van der Waals surface area contributed by atoms with Crippen LogP contribution in [-0.4, -0.2) is 31.3 Å². The number of para-hydroxylation sites is 2. The summed E-state index contributed by atoms with van der Waals surface area (Å²) in [5.41, 5.74) is 0.950. The van der Waals surface area contributed by atoms with Crippen molar-refractivity contribution in [2.24, 2.45) is 7.05 Å². The Morgan fingerprint density at radius 2 is 1.79 bits per heavy atom. The standard InChI is InChI=1S/C17H19N5O2/c1-17(2,3)24-16-14(15(23)21-13-9-10-18-22(13)4)19-11-7-5-6-8-12(11)20-16/h5-10H,1-4H3,(H,21,23). The first kappa shape index (κ1) is 15.9. The van der Waals surface area contributed by atoms with Crippen molar-refractivity contribution in [3.05, 3.63) is 42.2 Å². The molecule has 3 rings (SSSR count).